The number of rotatable bonds is 2. The Bertz CT molecular complexity index is 716. The largest absolute Gasteiger partial charge is 0.261 e. The first-order valence-corrected chi connectivity index (χ1v) is 6.35. The van der Waals surface area contributed by atoms with Crippen molar-refractivity contribution < 1.29 is 0 Å². The van der Waals surface area contributed by atoms with Gasteiger partial charge in [-0.05, 0) is 34.0 Å². The average Bonchev–Trinajstić information content (AvgIpc) is 3.14. The second-order valence-corrected chi connectivity index (χ2v) is 4.87. The smallest absolute Gasteiger partial charge is 0.0413 e. The third-order valence-corrected chi connectivity index (χ3v) is 3.78. The van der Waals surface area contributed by atoms with Gasteiger partial charge in [0.15, 0.2) is 0 Å². The Hall–Kier alpha value is -2.15. The highest BCUT2D eigenvalue weighted by Gasteiger charge is 2.34. The first-order valence-electron chi connectivity index (χ1n) is 6.35. The summed E-state index contributed by atoms with van der Waals surface area (Å²) in [5.74, 6) is 0.583. The zero-order valence-corrected chi connectivity index (χ0v) is 10.0. The van der Waals surface area contributed by atoms with E-state index in [4.69, 9.17) is 0 Å². The number of benzene rings is 2. The van der Waals surface area contributed by atoms with E-state index in [2.05, 4.69) is 53.5 Å². The highest BCUT2D eigenvalue weighted by Crippen LogP contribution is 2.49. The van der Waals surface area contributed by atoms with Crippen LogP contribution in [0.15, 0.2) is 60.8 Å². The molecule has 1 aliphatic rings. The fourth-order valence-electron chi connectivity index (χ4n) is 2.84. The summed E-state index contributed by atoms with van der Waals surface area (Å²) >= 11 is 0. The first kappa shape index (κ1) is 9.84. The van der Waals surface area contributed by atoms with Crippen LogP contribution in [0.5, 0.6) is 0 Å². The molecule has 1 nitrogen and oxygen atoms in total. The molecular weight excluding hydrogens is 218 g/mol. The van der Waals surface area contributed by atoms with Gasteiger partial charge in [0, 0.05) is 24.2 Å². The fourth-order valence-corrected chi connectivity index (χ4v) is 2.84. The van der Waals surface area contributed by atoms with Crippen LogP contribution < -0.4 is 0 Å². The van der Waals surface area contributed by atoms with Crippen LogP contribution in [0, 0.1) is 0 Å². The minimum atomic E-state index is 0.583. The summed E-state index contributed by atoms with van der Waals surface area (Å²) in [6.07, 6.45) is 2.91. The summed E-state index contributed by atoms with van der Waals surface area (Å²) in [6.45, 7) is 0. The molecule has 0 amide bonds. The summed E-state index contributed by atoms with van der Waals surface area (Å²) in [7, 11) is 0. The predicted molar refractivity (Wildman–Crippen MR) is 73.7 cm³/mol. The molecule has 0 saturated heterocycles. The maximum atomic E-state index is 4.42. The maximum Gasteiger partial charge on any atom is 0.0413 e. The number of aromatic nitrogens is 1. The Morgan fingerprint density at radius 2 is 1.78 bits per heavy atom. The minimum absolute atomic E-state index is 0.583. The number of pyridine rings is 1. The summed E-state index contributed by atoms with van der Waals surface area (Å²) < 4.78 is 0. The molecule has 1 unspecified atom stereocenters. The van der Waals surface area contributed by atoms with E-state index in [1.54, 1.807) is 0 Å². The van der Waals surface area contributed by atoms with Gasteiger partial charge in [-0.2, -0.15) is 0 Å². The maximum absolute atomic E-state index is 4.42. The van der Waals surface area contributed by atoms with Gasteiger partial charge in [-0.15, -0.1) is 0 Å². The van der Waals surface area contributed by atoms with Gasteiger partial charge in [-0.1, -0.05) is 42.5 Å². The minimum Gasteiger partial charge on any atom is -0.261 e. The van der Waals surface area contributed by atoms with Crippen molar-refractivity contribution in [1.82, 2.24) is 4.98 Å². The number of hydrogen-bond acceptors (Lipinski definition) is 1. The van der Waals surface area contributed by atoms with Gasteiger partial charge in [-0.3, -0.25) is 4.98 Å². The van der Waals surface area contributed by atoms with Crippen LogP contribution in [-0.4, -0.2) is 4.98 Å². The van der Waals surface area contributed by atoms with E-state index < -0.39 is 0 Å². The van der Waals surface area contributed by atoms with Crippen molar-refractivity contribution in [3.8, 4) is 0 Å². The molecule has 1 heteroatoms. The van der Waals surface area contributed by atoms with Crippen LogP contribution in [-0.2, 0) is 6.42 Å². The van der Waals surface area contributed by atoms with Crippen molar-refractivity contribution in [1.29, 1.82) is 0 Å². The van der Waals surface area contributed by atoms with Crippen LogP contribution in [0.1, 0.15) is 22.7 Å². The molecule has 1 aromatic heterocycles. The third kappa shape index (κ3) is 1.44. The second kappa shape index (κ2) is 3.67. The highest BCUT2D eigenvalue weighted by molar-refractivity contribution is 5.92. The Labute approximate surface area is 106 Å². The Morgan fingerprint density at radius 1 is 0.889 bits per heavy atom. The van der Waals surface area contributed by atoms with E-state index in [1.807, 2.05) is 12.3 Å². The molecule has 0 saturated carbocycles. The molecule has 86 valence electrons. The lowest BCUT2D eigenvalue weighted by atomic mass is 10.1. The summed E-state index contributed by atoms with van der Waals surface area (Å²) in [5, 5.41) is 2.76. The molecule has 1 heterocycles. The van der Waals surface area contributed by atoms with Crippen molar-refractivity contribution in [2.24, 2.45) is 0 Å². The highest BCUT2D eigenvalue weighted by atomic mass is 14.7. The predicted octanol–water partition coefficient (Wildman–Crippen LogP) is 3.92. The average molecular weight is 231 g/mol. The molecule has 3 aromatic rings. The van der Waals surface area contributed by atoms with Crippen LogP contribution in [0.25, 0.3) is 10.8 Å². The zero-order valence-electron chi connectivity index (χ0n) is 10.0. The van der Waals surface area contributed by atoms with Gasteiger partial charge in [0.2, 0.25) is 0 Å². The van der Waals surface area contributed by atoms with E-state index in [0.717, 1.165) is 6.42 Å². The molecule has 1 aliphatic carbocycles. The molecule has 0 spiro atoms. The topological polar surface area (TPSA) is 12.9 Å². The third-order valence-electron chi connectivity index (χ3n) is 3.78. The van der Waals surface area contributed by atoms with Crippen LogP contribution >= 0.6 is 0 Å². The first-order chi connectivity index (χ1) is 8.93. The molecule has 0 radical (unpaired) electrons. The summed E-state index contributed by atoms with van der Waals surface area (Å²) in [6, 6.07) is 19.3. The van der Waals surface area contributed by atoms with E-state index in [-0.39, 0.29) is 0 Å². The van der Waals surface area contributed by atoms with Crippen molar-refractivity contribution in [2.45, 2.75) is 12.3 Å². The monoisotopic (exact) mass is 231 g/mol. The van der Waals surface area contributed by atoms with Gasteiger partial charge in [0.25, 0.3) is 0 Å². The van der Waals surface area contributed by atoms with Crippen LogP contribution in [0.3, 0.4) is 0 Å². The fraction of sp³-hybridized carbons (Fsp3) is 0.118. The molecule has 4 rings (SSSR count). The Morgan fingerprint density at radius 3 is 2.67 bits per heavy atom. The molecule has 0 bridgehead atoms. The lowest BCUT2D eigenvalue weighted by Gasteiger charge is -1.97. The summed E-state index contributed by atoms with van der Waals surface area (Å²) in [5.41, 5.74) is 4.21. The standard InChI is InChI=1S/C17H13N/c1-2-7-14-12(5-1)8-9-15-16(17(14)15)11-13-6-3-4-10-18-13/h1-10,16H,11H2. The number of nitrogens with zero attached hydrogens (tertiary/aromatic N) is 1. The Balaban J connectivity index is 1.72. The SMILES string of the molecule is c1ccc(CC2c3ccc4ccccc4c32)nc1. The Kier molecular flexibility index (Phi) is 2.01. The lowest BCUT2D eigenvalue weighted by molar-refractivity contribution is 0.904. The van der Waals surface area contributed by atoms with Crippen LogP contribution in [0.2, 0.25) is 0 Å². The van der Waals surface area contributed by atoms with Crippen molar-refractivity contribution in [3.63, 3.8) is 0 Å². The van der Waals surface area contributed by atoms with Gasteiger partial charge in [0.1, 0.15) is 0 Å². The second-order valence-electron chi connectivity index (χ2n) is 4.87. The molecule has 1 atom stereocenters. The quantitative estimate of drug-likeness (QED) is 0.651. The normalized spacial score (nSPS) is 16.6. The van der Waals surface area contributed by atoms with E-state index >= 15 is 0 Å². The summed E-state index contributed by atoms with van der Waals surface area (Å²) in [4.78, 5) is 4.42. The van der Waals surface area contributed by atoms with E-state index in [9.17, 15) is 0 Å². The molecule has 2 aromatic carbocycles. The van der Waals surface area contributed by atoms with Gasteiger partial charge < -0.3 is 0 Å². The van der Waals surface area contributed by atoms with Gasteiger partial charge in [0.05, 0.1) is 0 Å². The molecular formula is C17H13N. The van der Waals surface area contributed by atoms with Crippen molar-refractivity contribution in [2.75, 3.05) is 0 Å². The van der Waals surface area contributed by atoms with Gasteiger partial charge >= 0.3 is 0 Å². The number of fused-ring (bicyclic) bond motifs is 3. The van der Waals surface area contributed by atoms with E-state index in [1.165, 1.54) is 27.6 Å². The van der Waals surface area contributed by atoms with E-state index in [0.29, 0.717) is 5.92 Å². The molecule has 0 aliphatic heterocycles. The van der Waals surface area contributed by atoms with Crippen molar-refractivity contribution in [3.05, 3.63) is 77.6 Å². The zero-order chi connectivity index (χ0) is 11.9. The van der Waals surface area contributed by atoms with Crippen molar-refractivity contribution >= 4 is 10.8 Å². The molecule has 0 N–H and O–H groups in total. The molecule has 0 fully saturated rings. The van der Waals surface area contributed by atoms with Crippen LogP contribution in [0.4, 0.5) is 0 Å². The molecule has 18 heavy (non-hydrogen) atoms. The lowest BCUT2D eigenvalue weighted by Crippen LogP contribution is -1.89. The van der Waals surface area contributed by atoms with Gasteiger partial charge in [-0.25, -0.2) is 0 Å². The number of hydrogen-bond donors (Lipinski definition) is 0.